The number of rotatable bonds is 8. The van der Waals surface area contributed by atoms with E-state index in [4.69, 9.17) is 0 Å². The molecule has 122 valence electrons. The standard InChI is InChI=1S/C17H32N2O2/c1-4-10-18-17(16(20)21,14-8-9-14)12-19(3)15-7-5-6-13(2)11-15/h13-15,18H,4-12H2,1-3H3,(H,20,21). The molecular weight excluding hydrogens is 264 g/mol. The van der Waals surface area contributed by atoms with Gasteiger partial charge in [-0.15, -0.1) is 0 Å². The van der Waals surface area contributed by atoms with Crippen molar-refractivity contribution in [3.63, 3.8) is 0 Å². The lowest BCUT2D eigenvalue weighted by Crippen LogP contribution is -2.61. The maximum Gasteiger partial charge on any atom is 0.325 e. The SMILES string of the molecule is CCCNC(CN(C)C1CCCC(C)C1)(C(=O)O)C1CC1. The van der Waals surface area contributed by atoms with Gasteiger partial charge in [0.25, 0.3) is 0 Å². The smallest absolute Gasteiger partial charge is 0.325 e. The lowest BCUT2D eigenvalue weighted by molar-refractivity contribution is -0.147. The van der Waals surface area contributed by atoms with Crippen LogP contribution in [0.4, 0.5) is 0 Å². The van der Waals surface area contributed by atoms with Gasteiger partial charge in [0.1, 0.15) is 5.54 Å². The van der Waals surface area contributed by atoms with Gasteiger partial charge in [-0.05, 0) is 57.5 Å². The van der Waals surface area contributed by atoms with Crippen LogP contribution in [0.3, 0.4) is 0 Å². The van der Waals surface area contributed by atoms with E-state index in [1.807, 2.05) is 0 Å². The first-order valence-electron chi connectivity index (χ1n) is 8.68. The van der Waals surface area contributed by atoms with Crippen LogP contribution in [0.15, 0.2) is 0 Å². The predicted molar refractivity (Wildman–Crippen MR) is 85.4 cm³/mol. The Morgan fingerprint density at radius 1 is 1.33 bits per heavy atom. The van der Waals surface area contributed by atoms with Gasteiger partial charge in [0.2, 0.25) is 0 Å². The molecule has 2 aliphatic carbocycles. The van der Waals surface area contributed by atoms with Gasteiger partial charge in [-0.3, -0.25) is 4.79 Å². The Hall–Kier alpha value is -0.610. The summed E-state index contributed by atoms with van der Waals surface area (Å²) in [5, 5.41) is 13.3. The molecule has 2 fully saturated rings. The van der Waals surface area contributed by atoms with Gasteiger partial charge < -0.3 is 15.3 Å². The van der Waals surface area contributed by atoms with Gasteiger partial charge in [0.05, 0.1) is 0 Å². The molecule has 4 heteroatoms. The number of nitrogens with zero attached hydrogens (tertiary/aromatic N) is 1. The molecule has 2 aliphatic rings. The Labute approximate surface area is 129 Å². The third-order valence-electron chi connectivity index (χ3n) is 5.38. The summed E-state index contributed by atoms with van der Waals surface area (Å²) in [5.41, 5.74) is -0.731. The second-order valence-corrected chi connectivity index (χ2v) is 7.32. The first-order chi connectivity index (χ1) is 9.99. The minimum Gasteiger partial charge on any atom is -0.480 e. The van der Waals surface area contributed by atoms with Crippen LogP contribution in [0.2, 0.25) is 0 Å². The van der Waals surface area contributed by atoms with E-state index in [2.05, 4.69) is 31.1 Å². The molecule has 0 bridgehead atoms. The zero-order chi connectivity index (χ0) is 15.5. The summed E-state index contributed by atoms with van der Waals surface area (Å²) >= 11 is 0. The molecule has 0 amide bonds. The summed E-state index contributed by atoms with van der Waals surface area (Å²) in [6, 6.07) is 0.551. The average Bonchev–Trinajstić information content (AvgIpc) is 3.27. The number of carbonyl (C=O) groups is 1. The van der Waals surface area contributed by atoms with E-state index < -0.39 is 11.5 Å². The summed E-state index contributed by atoms with van der Waals surface area (Å²) in [7, 11) is 2.12. The quantitative estimate of drug-likeness (QED) is 0.723. The highest BCUT2D eigenvalue weighted by Gasteiger charge is 2.51. The lowest BCUT2D eigenvalue weighted by atomic mass is 9.85. The van der Waals surface area contributed by atoms with Crippen LogP contribution in [-0.4, -0.2) is 47.7 Å². The molecule has 2 saturated carbocycles. The second kappa shape index (κ2) is 7.10. The van der Waals surface area contributed by atoms with Gasteiger partial charge in [-0.1, -0.05) is 26.7 Å². The van der Waals surface area contributed by atoms with Crippen LogP contribution in [-0.2, 0) is 4.79 Å². The van der Waals surface area contributed by atoms with Gasteiger partial charge in [0.15, 0.2) is 0 Å². The van der Waals surface area contributed by atoms with E-state index in [0.717, 1.165) is 31.7 Å². The fourth-order valence-corrected chi connectivity index (χ4v) is 3.90. The van der Waals surface area contributed by atoms with E-state index in [1.54, 1.807) is 0 Å². The molecule has 0 radical (unpaired) electrons. The molecule has 2 N–H and O–H groups in total. The molecular formula is C17H32N2O2. The molecule has 0 aromatic rings. The fraction of sp³-hybridized carbons (Fsp3) is 0.941. The maximum absolute atomic E-state index is 12.0. The summed E-state index contributed by atoms with van der Waals surface area (Å²) < 4.78 is 0. The Morgan fingerprint density at radius 2 is 2.05 bits per heavy atom. The molecule has 21 heavy (non-hydrogen) atoms. The predicted octanol–water partition coefficient (Wildman–Crippen LogP) is 2.73. The van der Waals surface area contributed by atoms with Crippen LogP contribution in [0.5, 0.6) is 0 Å². The van der Waals surface area contributed by atoms with Crippen LogP contribution in [0.25, 0.3) is 0 Å². The number of aliphatic carboxylic acids is 1. The molecule has 0 aliphatic heterocycles. The monoisotopic (exact) mass is 296 g/mol. The van der Waals surface area contributed by atoms with Crippen molar-refractivity contribution >= 4 is 5.97 Å². The first-order valence-corrected chi connectivity index (χ1v) is 8.68. The van der Waals surface area contributed by atoms with Crippen molar-refractivity contribution in [1.82, 2.24) is 10.2 Å². The van der Waals surface area contributed by atoms with Gasteiger partial charge in [0, 0.05) is 12.6 Å². The molecule has 0 spiro atoms. The average molecular weight is 296 g/mol. The maximum atomic E-state index is 12.0. The van der Waals surface area contributed by atoms with Crippen molar-refractivity contribution in [3.8, 4) is 0 Å². The minimum atomic E-state index is -0.731. The first kappa shape index (κ1) is 16.8. The molecule has 0 saturated heterocycles. The van der Waals surface area contributed by atoms with Crippen molar-refractivity contribution in [3.05, 3.63) is 0 Å². The van der Waals surface area contributed by atoms with E-state index >= 15 is 0 Å². The summed E-state index contributed by atoms with van der Waals surface area (Å²) in [5.74, 6) is 0.425. The fourth-order valence-electron chi connectivity index (χ4n) is 3.90. The largest absolute Gasteiger partial charge is 0.480 e. The molecule has 0 heterocycles. The molecule has 0 aromatic carbocycles. The van der Waals surface area contributed by atoms with E-state index in [9.17, 15) is 9.90 Å². The lowest BCUT2D eigenvalue weighted by Gasteiger charge is -2.40. The number of nitrogens with one attached hydrogen (secondary N) is 1. The van der Waals surface area contributed by atoms with Crippen molar-refractivity contribution in [2.45, 2.75) is 70.4 Å². The highest BCUT2D eigenvalue weighted by atomic mass is 16.4. The summed E-state index contributed by atoms with van der Waals surface area (Å²) in [6.45, 7) is 5.85. The number of hydrogen-bond acceptors (Lipinski definition) is 3. The highest BCUT2D eigenvalue weighted by molar-refractivity contribution is 5.80. The van der Waals surface area contributed by atoms with Gasteiger partial charge >= 0.3 is 5.97 Å². The zero-order valence-electron chi connectivity index (χ0n) is 13.9. The molecule has 3 unspecified atom stereocenters. The Morgan fingerprint density at radius 3 is 2.57 bits per heavy atom. The Kier molecular flexibility index (Phi) is 5.67. The summed E-state index contributed by atoms with van der Waals surface area (Å²) in [4.78, 5) is 14.3. The van der Waals surface area contributed by atoms with Crippen LogP contribution in [0, 0.1) is 11.8 Å². The molecule has 0 aromatic heterocycles. The normalized spacial score (nSPS) is 29.3. The van der Waals surface area contributed by atoms with E-state index in [-0.39, 0.29) is 0 Å². The number of carboxylic acids is 1. The number of hydrogen-bond donors (Lipinski definition) is 2. The minimum absolute atomic E-state index is 0.310. The van der Waals surface area contributed by atoms with Crippen molar-refractivity contribution < 1.29 is 9.90 Å². The zero-order valence-corrected chi connectivity index (χ0v) is 13.9. The molecule has 4 nitrogen and oxygen atoms in total. The Bertz CT molecular complexity index is 357. The van der Waals surface area contributed by atoms with E-state index in [1.165, 1.54) is 25.7 Å². The number of carboxylic acid groups (broad SMARTS) is 1. The van der Waals surface area contributed by atoms with Crippen molar-refractivity contribution in [2.24, 2.45) is 11.8 Å². The van der Waals surface area contributed by atoms with Crippen LogP contribution >= 0.6 is 0 Å². The van der Waals surface area contributed by atoms with E-state index in [0.29, 0.717) is 18.5 Å². The van der Waals surface area contributed by atoms with Crippen LogP contribution in [0.1, 0.15) is 58.8 Å². The molecule has 2 rings (SSSR count). The Balaban J connectivity index is 2.04. The van der Waals surface area contributed by atoms with Gasteiger partial charge in [-0.2, -0.15) is 0 Å². The third-order valence-corrected chi connectivity index (χ3v) is 5.38. The second-order valence-electron chi connectivity index (χ2n) is 7.32. The summed E-state index contributed by atoms with van der Waals surface area (Å²) in [6.07, 6.45) is 8.12. The molecule has 3 atom stereocenters. The number of likely N-dealkylation sites (N-methyl/N-ethyl adjacent to an activating group) is 1. The van der Waals surface area contributed by atoms with Crippen molar-refractivity contribution in [1.29, 1.82) is 0 Å². The third kappa shape index (κ3) is 3.98. The highest BCUT2D eigenvalue weighted by Crippen LogP contribution is 2.41. The topological polar surface area (TPSA) is 52.6 Å². The van der Waals surface area contributed by atoms with Crippen molar-refractivity contribution in [2.75, 3.05) is 20.1 Å². The van der Waals surface area contributed by atoms with Crippen LogP contribution < -0.4 is 5.32 Å². The van der Waals surface area contributed by atoms with Gasteiger partial charge in [-0.25, -0.2) is 0 Å².